The van der Waals surface area contributed by atoms with Crippen LogP contribution >= 0.6 is 0 Å². The first kappa shape index (κ1) is 15.0. The molecule has 0 spiro atoms. The van der Waals surface area contributed by atoms with Crippen LogP contribution in [0.25, 0.3) is 0 Å². The molecule has 1 fully saturated rings. The smallest absolute Gasteiger partial charge is 0.224 e. The molecule has 4 heteroatoms. The zero-order valence-electron chi connectivity index (χ0n) is 12.5. The Morgan fingerprint density at radius 3 is 2.75 bits per heavy atom. The number of benzene rings is 1. The molecule has 1 amide bonds. The van der Waals surface area contributed by atoms with Gasteiger partial charge in [-0.2, -0.15) is 0 Å². The van der Waals surface area contributed by atoms with E-state index in [1.807, 2.05) is 35.2 Å². The molecule has 4 nitrogen and oxygen atoms in total. The Labute approximate surface area is 121 Å². The van der Waals surface area contributed by atoms with Gasteiger partial charge in [0, 0.05) is 31.6 Å². The molecule has 110 valence electrons. The molecule has 0 radical (unpaired) electrons. The quantitative estimate of drug-likeness (QED) is 0.912. The van der Waals surface area contributed by atoms with E-state index in [2.05, 4.69) is 18.9 Å². The normalized spacial score (nSPS) is 22.4. The molecule has 2 atom stereocenters. The van der Waals surface area contributed by atoms with Crippen LogP contribution in [0.2, 0.25) is 0 Å². The minimum absolute atomic E-state index is 0.171. The van der Waals surface area contributed by atoms with E-state index in [-0.39, 0.29) is 18.0 Å². The van der Waals surface area contributed by atoms with Crippen LogP contribution < -0.4 is 5.73 Å². The standard InChI is InChI=1S/C16H25N3O/c1-13-12-18(2)9-6-10-19(13)16(20)11-15(17)14-7-4-3-5-8-14/h3-5,7-8,13,15H,6,9-12,17H2,1-2H3. The largest absolute Gasteiger partial charge is 0.339 e. The van der Waals surface area contributed by atoms with Crippen molar-refractivity contribution in [1.82, 2.24) is 9.80 Å². The number of carbonyl (C=O) groups is 1. The van der Waals surface area contributed by atoms with Gasteiger partial charge in [-0.05, 0) is 32.5 Å². The van der Waals surface area contributed by atoms with Crippen LogP contribution in [0.1, 0.15) is 31.4 Å². The molecule has 0 aromatic heterocycles. The van der Waals surface area contributed by atoms with Gasteiger partial charge in [-0.15, -0.1) is 0 Å². The molecule has 1 aliphatic rings. The van der Waals surface area contributed by atoms with E-state index in [4.69, 9.17) is 5.73 Å². The Morgan fingerprint density at radius 2 is 2.05 bits per heavy atom. The molecule has 0 aliphatic carbocycles. The van der Waals surface area contributed by atoms with Crippen LogP contribution in [-0.2, 0) is 4.79 Å². The van der Waals surface area contributed by atoms with E-state index in [0.29, 0.717) is 6.42 Å². The number of nitrogens with zero attached hydrogens (tertiary/aromatic N) is 2. The van der Waals surface area contributed by atoms with E-state index in [0.717, 1.165) is 31.6 Å². The van der Waals surface area contributed by atoms with Gasteiger partial charge in [-0.25, -0.2) is 0 Å². The van der Waals surface area contributed by atoms with Crippen molar-refractivity contribution >= 4 is 5.91 Å². The topological polar surface area (TPSA) is 49.6 Å². The lowest BCUT2D eigenvalue weighted by Gasteiger charge is -2.29. The van der Waals surface area contributed by atoms with E-state index >= 15 is 0 Å². The van der Waals surface area contributed by atoms with Gasteiger partial charge in [0.1, 0.15) is 0 Å². The summed E-state index contributed by atoms with van der Waals surface area (Å²) in [6.45, 7) is 4.95. The zero-order valence-corrected chi connectivity index (χ0v) is 12.5. The van der Waals surface area contributed by atoms with Gasteiger partial charge in [0.05, 0.1) is 0 Å². The highest BCUT2D eigenvalue weighted by molar-refractivity contribution is 5.77. The molecule has 1 aliphatic heterocycles. The van der Waals surface area contributed by atoms with Gasteiger partial charge in [0.25, 0.3) is 0 Å². The maximum absolute atomic E-state index is 12.5. The fourth-order valence-electron chi connectivity index (χ4n) is 2.87. The maximum Gasteiger partial charge on any atom is 0.224 e. The molecule has 2 unspecified atom stereocenters. The first-order valence-corrected chi connectivity index (χ1v) is 7.36. The van der Waals surface area contributed by atoms with E-state index in [9.17, 15) is 4.79 Å². The average molecular weight is 275 g/mol. The molecule has 0 bridgehead atoms. The third-order valence-corrected chi connectivity index (χ3v) is 3.99. The fourth-order valence-corrected chi connectivity index (χ4v) is 2.87. The van der Waals surface area contributed by atoms with Crippen LogP contribution in [0.3, 0.4) is 0 Å². The maximum atomic E-state index is 12.5. The Morgan fingerprint density at radius 1 is 1.35 bits per heavy atom. The monoisotopic (exact) mass is 275 g/mol. The molecule has 1 aromatic rings. The van der Waals surface area contributed by atoms with Crippen molar-refractivity contribution in [2.45, 2.75) is 31.8 Å². The van der Waals surface area contributed by atoms with Crippen molar-refractivity contribution < 1.29 is 4.79 Å². The van der Waals surface area contributed by atoms with Crippen molar-refractivity contribution in [3.05, 3.63) is 35.9 Å². The average Bonchev–Trinajstić information content (AvgIpc) is 2.60. The van der Waals surface area contributed by atoms with E-state index < -0.39 is 0 Å². The molecular formula is C16H25N3O. The van der Waals surface area contributed by atoms with E-state index in [1.165, 1.54) is 0 Å². The number of carbonyl (C=O) groups excluding carboxylic acids is 1. The third-order valence-electron chi connectivity index (χ3n) is 3.99. The van der Waals surface area contributed by atoms with Crippen LogP contribution in [0, 0.1) is 0 Å². The molecule has 0 saturated carbocycles. The van der Waals surface area contributed by atoms with Crippen molar-refractivity contribution in [2.24, 2.45) is 5.73 Å². The summed E-state index contributed by atoms with van der Waals surface area (Å²) in [6, 6.07) is 9.90. The second kappa shape index (κ2) is 6.86. The first-order chi connectivity index (χ1) is 9.58. The highest BCUT2D eigenvalue weighted by Crippen LogP contribution is 2.17. The number of hydrogen-bond donors (Lipinski definition) is 1. The van der Waals surface area contributed by atoms with Crippen molar-refractivity contribution in [2.75, 3.05) is 26.7 Å². The lowest BCUT2D eigenvalue weighted by molar-refractivity contribution is -0.133. The fraction of sp³-hybridized carbons (Fsp3) is 0.562. The number of amides is 1. The molecule has 2 N–H and O–H groups in total. The molecule has 1 heterocycles. The van der Waals surface area contributed by atoms with E-state index in [1.54, 1.807) is 0 Å². The Kier molecular flexibility index (Phi) is 5.15. The second-order valence-corrected chi connectivity index (χ2v) is 5.77. The SMILES string of the molecule is CC1CN(C)CCCN1C(=O)CC(N)c1ccccc1. The summed E-state index contributed by atoms with van der Waals surface area (Å²) < 4.78 is 0. The molecule has 1 saturated heterocycles. The van der Waals surface area contributed by atoms with Crippen LogP contribution in [0.4, 0.5) is 0 Å². The Bertz CT molecular complexity index is 435. The lowest BCUT2D eigenvalue weighted by Crippen LogP contribution is -2.42. The van der Waals surface area contributed by atoms with Gasteiger partial charge in [-0.1, -0.05) is 30.3 Å². The van der Waals surface area contributed by atoms with Gasteiger partial charge in [-0.3, -0.25) is 4.79 Å². The predicted octanol–water partition coefficient (Wildman–Crippen LogP) is 1.63. The first-order valence-electron chi connectivity index (χ1n) is 7.36. The zero-order chi connectivity index (χ0) is 14.5. The lowest BCUT2D eigenvalue weighted by atomic mass is 10.0. The Hall–Kier alpha value is -1.39. The number of hydrogen-bond acceptors (Lipinski definition) is 3. The van der Waals surface area contributed by atoms with Gasteiger partial charge < -0.3 is 15.5 Å². The number of nitrogens with two attached hydrogens (primary N) is 1. The summed E-state index contributed by atoms with van der Waals surface area (Å²) in [5, 5.41) is 0. The summed E-state index contributed by atoms with van der Waals surface area (Å²) in [7, 11) is 2.11. The van der Waals surface area contributed by atoms with Gasteiger partial charge in [0.15, 0.2) is 0 Å². The van der Waals surface area contributed by atoms with Crippen molar-refractivity contribution in [3.63, 3.8) is 0 Å². The minimum Gasteiger partial charge on any atom is -0.339 e. The molecular weight excluding hydrogens is 250 g/mol. The summed E-state index contributed by atoms with van der Waals surface area (Å²) >= 11 is 0. The third kappa shape index (κ3) is 3.81. The van der Waals surface area contributed by atoms with Crippen LogP contribution in [-0.4, -0.2) is 48.4 Å². The van der Waals surface area contributed by atoms with Crippen LogP contribution in [0.5, 0.6) is 0 Å². The molecule has 1 aromatic carbocycles. The second-order valence-electron chi connectivity index (χ2n) is 5.77. The van der Waals surface area contributed by atoms with Crippen molar-refractivity contribution in [1.29, 1.82) is 0 Å². The highest BCUT2D eigenvalue weighted by Gasteiger charge is 2.25. The van der Waals surface area contributed by atoms with Crippen LogP contribution in [0.15, 0.2) is 30.3 Å². The summed E-state index contributed by atoms with van der Waals surface area (Å²) in [4.78, 5) is 16.8. The summed E-state index contributed by atoms with van der Waals surface area (Å²) in [5.41, 5.74) is 7.18. The Balaban J connectivity index is 1.97. The van der Waals surface area contributed by atoms with Gasteiger partial charge in [0.2, 0.25) is 5.91 Å². The highest BCUT2D eigenvalue weighted by atomic mass is 16.2. The molecule has 2 rings (SSSR count). The summed E-state index contributed by atoms with van der Waals surface area (Å²) in [5.74, 6) is 0.171. The molecule has 20 heavy (non-hydrogen) atoms. The predicted molar refractivity (Wildman–Crippen MR) is 81.3 cm³/mol. The van der Waals surface area contributed by atoms with Crippen molar-refractivity contribution in [3.8, 4) is 0 Å². The van der Waals surface area contributed by atoms with Gasteiger partial charge >= 0.3 is 0 Å². The number of likely N-dealkylation sites (N-methyl/N-ethyl adjacent to an activating group) is 1. The number of rotatable bonds is 3. The minimum atomic E-state index is -0.211. The summed E-state index contributed by atoms with van der Waals surface area (Å²) in [6.07, 6.45) is 1.42.